The lowest BCUT2D eigenvalue weighted by atomic mass is 10.4. The monoisotopic (exact) mass is 209 g/mol. The molecule has 1 saturated heterocycles. The number of esters is 1. The maximum atomic E-state index is 11.0. The number of halogens is 1. The molecule has 1 rings (SSSR count). The standard InChI is InChI=1S/C8H15NO3.ClH/c1-2-12-8(10)7-9-3-5-11-6-4-9;/h2-7H2,1H3;1H. The van der Waals surface area contributed by atoms with E-state index in [4.69, 9.17) is 9.47 Å². The predicted octanol–water partition coefficient (Wildman–Crippen LogP) is 0.303. The minimum atomic E-state index is -0.139. The third-order valence-corrected chi connectivity index (χ3v) is 1.76. The van der Waals surface area contributed by atoms with Crippen molar-refractivity contribution in [3.63, 3.8) is 0 Å². The van der Waals surface area contributed by atoms with Crippen LogP contribution in [0.2, 0.25) is 0 Å². The predicted molar refractivity (Wildman–Crippen MR) is 51.1 cm³/mol. The van der Waals surface area contributed by atoms with Gasteiger partial charge in [-0.3, -0.25) is 9.69 Å². The molecule has 13 heavy (non-hydrogen) atoms. The van der Waals surface area contributed by atoms with E-state index in [0.717, 1.165) is 26.3 Å². The minimum Gasteiger partial charge on any atom is -0.465 e. The van der Waals surface area contributed by atoms with Crippen LogP contribution in [0.15, 0.2) is 0 Å². The molecule has 0 unspecified atom stereocenters. The highest BCUT2D eigenvalue weighted by molar-refractivity contribution is 5.85. The number of ether oxygens (including phenoxy) is 2. The van der Waals surface area contributed by atoms with E-state index in [2.05, 4.69) is 0 Å². The Morgan fingerprint density at radius 2 is 2.08 bits per heavy atom. The van der Waals surface area contributed by atoms with E-state index in [9.17, 15) is 4.79 Å². The smallest absolute Gasteiger partial charge is 0.320 e. The van der Waals surface area contributed by atoms with Gasteiger partial charge in [-0.2, -0.15) is 0 Å². The zero-order chi connectivity index (χ0) is 8.81. The van der Waals surface area contributed by atoms with E-state index >= 15 is 0 Å². The number of hydrogen-bond acceptors (Lipinski definition) is 4. The highest BCUT2D eigenvalue weighted by Crippen LogP contribution is 1.96. The number of carbonyl (C=O) groups excluding carboxylic acids is 1. The molecule has 78 valence electrons. The Kier molecular flexibility index (Phi) is 6.94. The summed E-state index contributed by atoms with van der Waals surface area (Å²) in [5.41, 5.74) is 0. The van der Waals surface area contributed by atoms with Gasteiger partial charge in [0, 0.05) is 13.1 Å². The lowest BCUT2D eigenvalue weighted by Gasteiger charge is -2.25. The summed E-state index contributed by atoms with van der Waals surface area (Å²) in [7, 11) is 0. The fourth-order valence-electron chi connectivity index (χ4n) is 1.15. The first-order chi connectivity index (χ1) is 5.83. The maximum Gasteiger partial charge on any atom is 0.320 e. The van der Waals surface area contributed by atoms with Gasteiger partial charge in [0.05, 0.1) is 26.4 Å². The molecular formula is C8H16ClNO3. The zero-order valence-electron chi connectivity index (χ0n) is 7.82. The summed E-state index contributed by atoms with van der Waals surface area (Å²) in [5.74, 6) is -0.139. The quantitative estimate of drug-likeness (QED) is 0.627. The first-order valence-electron chi connectivity index (χ1n) is 4.28. The van der Waals surface area contributed by atoms with Crippen LogP contribution >= 0.6 is 12.4 Å². The lowest BCUT2D eigenvalue weighted by Crippen LogP contribution is -2.40. The molecule has 4 nitrogen and oxygen atoms in total. The molecule has 0 saturated carbocycles. The van der Waals surface area contributed by atoms with Crippen LogP contribution in [0.5, 0.6) is 0 Å². The van der Waals surface area contributed by atoms with E-state index in [1.165, 1.54) is 0 Å². The summed E-state index contributed by atoms with van der Waals surface area (Å²) >= 11 is 0. The summed E-state index contributed by atoms with van der Waals surface area (Å²) in [5, 5.41) is 0. The van der Waals surface area contributed by atoms with Gasteiger partial charge in [-0.25, -0.2) is 0 Å². The highest BCUT2D eigenvalue weighted by Gasteiger charge is 2.13. The van der Waals surface area contributed by atoms with E-state index in [1.807, 2.05) is 11.8 Å². The minimum absolute atomic E-state index is 0. The molecule has 0 aromatic carbocycles. The van der Waals surface area contributed by atoms with Gasteiger partial charge in [0.2, 0.25) is 0 Å². The van der Waals surface area contributed by atoms with Gasteiger partial charge < -0.3 is 9.47 Å². The number of rotatable bonds is 3. The largest absolute Gasteiger partial charge is 0.465 e. The Balaban J connectivity index is 0.00000144. The van der Waals surface area contributed by atoms with Gasteiger partial charge in [0.15, 0.2) is 0 Å². The first kappa shape index (κ1) is 12.7. The summed E-state index contributed by atoms with van der Waals surface area (Å²) in [6, 6.07) is 0. The summed E-state index contributed by atoms with van der Waals surface area (Å²) in [4.78, 5) is 13.0. The second-order valence-electron chi connectivity index (χ2n) is 2.69. The van der Waals surface area contributed by atoms with Crippen LogP contribution in [0.25, 0.3) is 0 Å². The van der Waals surface area contributed by atoms with E-state index in [1.54, 1.807) is 0 Å². The Bertz CT molecular complexity index is 148. The van der Waals surface area contributed by atoms with Crippen molar-refractivity contribution in [1.82, 2.24) is 4.90 Å². The molecule has 0 aromatic heterocycles. The van der Waals surface area contributed by atoms with E-state index in [-0.39, 0.29) is 18.4 Å². The molecule has 0 aromatic rings. The van der Waals surface area contributed by atoms with Gasteiger partial charge in [0.1, 0.15) is 0 Å². The average Bonchev–Trinajstić information content (AvgIpc) is 2.06. The SMILES string of the molecule is CCOC(=O)CN1CCOCC1.Cl. The number of carbonyl (C=O) groups is 1. The number of morpholine rings is 1. The number of hydrogen-bond donors (Lipinski definition) is 0. The van der Waals surface area contributed by atoms with Crippen LogP contribution in [0.3, 0.4) is 0 Å². The normalized spacial score (nSPS) is 17.6. The molecule has 0 N–H and O–H groups in total. The second-order valence-corrected chi connectivity index (χ2v) is 2.69. The summed E-state index contributed by atoms with van der Waals surface area (Å²) in [6.45, 7) is 5.79. The average molecular weight is 210 g/mol. The molecule has 5 heteroatoms. The first-order valence-corrected chi connectivity index (χ1v) is 4.28. The fraction of sp³-hybridized carbons (Fsp3) is 0.875. The van der Waals surface area contributed by atoms with Crippen molar-refractivity contribution in [3.05, 3.63) is 0 Å². The molecule has 1 heterocycles. The van der Waals surface area contributed by atoms with Gasteiger partial charge in [-0.15, -0.1) is 12.4 Å². The fourth-order valence-corrected chi connectivity index (χ4v) is 1.15. The van der Waals surface area contributed by atoms with Gasteiger partial charge in [-0.05, 0) is 6.92 Å². The zero-order valence-corrected chi connectivity index (χ0v) is 8.64. The third kappa shape index (κ3) is 5.08. The second kappa shape index (κ2) is 7.12. The Morgan fingerprint density at radius 3 is 2.62 bits per heavy atom. The van der Waals surface area contributed by atoms with Crippen LogP contribution in [0.4, 0.5) is 0 Å². The number of nitrogens with zero attached hydrogens (tertiary/aromatic N) is 1. The maximum absolute atomic E-state index is 11.0. The van der Waals surface area contributed by atoms with Crippen LogP contribution < -0.4 is 0 Å². The molecule has 0 radical (unpaired) electrons. The Morgan fingerprint density at radius 1 is 1.46 bits per heavy atom. The van der Waals surface area contributed by atoms with Crippen molar-refractivity contribution in [3.8, 4) is 0 Å². The van der Waals surface area contributed by atoms with E-state index < -0.39 is 0 Å². The van der Waals surface area contributed by atoms with Gasteiger partial charge >= 0.3 is 5.97 Å². The summed E-state index contributed by atoms with van der Waals surface area (Å²) < 4.78 is 9.97. The van der Waals surface area contributed by atoms with Crippen LogP contribution in [-0.4, -0.2) is 50.3 Å². The van der Waals surface area contributed by atoms with E-state index in [0.29, 0.717) is 13.2 Å². The molecule has 0 bridgehead atoms. The van der Waals surface area contributed by atoms with Crippen molar-refractivity contribution in [2.75, 3.05) is 39.5 Å². The molecule has 1 fully saturated rings. The van der Waals surface area contributed by atoms with Crippen molar-refractivity contribution in [1.29, 1.82) is 0 Å². The molecule has 0 amide bonds. The molecular weight excluding hydrogens is 194 g/mol. The van der Waals surface area contributed by atoms with Crippen molar-refractivity contribution in [2.45, 2.75) is 6.92 Å². The van der Waals surface area contributed by atoms with Gasteiger partial charge in [-0.1, -0.05) is 0 Å². The topological polar surface area (TPSA) is 38.8 Å². The van der Waals surface area contributed by atoms with Crippen molar-refractivity contribution < 1.29 is 14.3 Å². The van der Waals surface area contributed by atoms with Crippen molar-refractivity contribution in [2.24, 2.45) is 0 Å². The van der Waals surface area contributed by atoms with Crippen LogP contribution in [0.1, 0.15) is 6.92 Å². The van der Waals surface area contributed by atoms with Gasteiger partial charge in [0.25, 0.3) is 0 Å². The molecule has 0 atom stereocenters. The molecule has 0 aliphatic carbocycles. The molecule has 1 aliphatic rings. The third-order valence-electron chi connectivity index (χ3n) is 1.76. The van der Waals surface area contributed by atoms with Crippen LogP contribution in [-0.2, 0) is 14.3 Å². The van der Waals surface area contributed by atoms with Crippen molar-refractivity contribution >= 4 is 18.4 Å². The Labute approximate surface area is 84.6 Å². The molecule has 1 aliphatic heterocycles. The lowest BCUT2D eigenvalue weighted by molar-refractivity contribution is -0.145. The molecule has 0 spiro atoms. The Hall–Kier alpha value is -0.320. The van der Waals surface area contributed by atoms with Crippen LogP contribution in [0, 0.1) is 0 Å². The summed E-state index contributed by atoms with van der Waals surface area (Å²) in [6.07, 6.45) is 0. The highest BCUT2D eigenvalue weighted by atomic mass is 35.5.